The van der Waals surface area contributed by atoms with E-state index in [1.165, 1.54) is 11.1 Å². The Kier molecular flexibility index (Phi) is 7.58. The van der Waals surface area contributed by atoms with Gasteiger partial charge in [0.1, 0.15) is 0 Å². The summed E-state index contributed by atoms with van der Waals surface area (Å²) in [6.07, 6.45) is 2.14. The number of rotatable bonds is 8. The van der Waals surface area contributed by atoms with Gasteiger partial charge in [0.05, 0.1) is 18.6 Å². The molecule has 1 heterocycles. The third-order valence-corrected chi connectivity index (χ3v) is 6.66. The minimum absolute atomic E-state index is 0.124. The molecule has 0 bridgehead atoms. The highest BCUT2D eigenvalue weighted by atomic mass is 16.5. The number of piperidine rings is 1. The fourth-order valence-corrected chi connectivity index (χ4v) is 4.90. The van der Waals surface area contributed by atoms with Gasteiger partial charge in [-0.15, -0.1) is 0 Å². The molecule has 0 saturated carbocycles. The third kappa shape index (κ3) is 5.70. The van der Waals surface area contributed by atoms with Crippen molar-refractivity contribution < 1.29 is 9.53 Å². The molecule has 1 saturated heterocycles. The van der Waals surface area contributed by atoms with Gasteiger partial charge in [0, 0.05) is 32.4 Å². The van der Waals surface area contributed by atoms with Gasteiger partial charge in [0.25, 0.3) is 0 Å². The third-order valence-electron chi connectivity index (χ3n) is 6.66. The lowest BCUT2D eigenvalue weighted by atomic mass is 9.84. The second-order valence-electron chi connectivity index (χ2n) is 9.15. The largest absolute Gasteiger partial charge is 0.382 e. The molecule has 3 aromatic carbocycles. The van der Waals surface area contributed by atoms with Crippen LogP contribution in [0.25, 0.3) is 0 Å². The van der Waals surface area contributed by atoms with Gasteiger partial charge in [0.2, 0.25) is 5.91 Å². The van der Waals surface area contributed by atoms with Crippen LogP contribution in [-0.2, 0) is 22.5 Å². The average Bonchev–Trinajstić information content (AvgIpc) is 2.83. The number of carbonyl (C=O) groups is 1. The smallest absolute Gasteiger partial charge is 0.232 e. The molecule has 0 N–H and O–H groups in total. The summed E-state index contributed by atoms with van der Waals surface area (Å²) in [5.74, 6) is 0.124. The first-order valence-corrected chi connectivity index (χ1v) is 11.8. The van der Waals surface area contributed by atoms with Crippen molar-refractivity contribution >= 4 is 11.6 Å². The lowest BCUT2D eigenvalue weighted by molar-refractivity contribution is -0.120. The summed E-state index contributed by atoms with van der Waals surface area (Å²) >= 11 is 0. The van der Waals surface area contributed by atoms with Crippen LogP contribution in [0.15, 0.2) is 84.9 Å². The summed E-state index contributed by atoms with van der Waals surface area (Å²) in [5, 5.41) is 0. The molecule has 4 heteroatoms. The van der Waals surface area contributed by atoms with Crippen molar-refractivity contribution in [1.82, 2.24) is 4.90 Å². The van der Waals surface area contributed by atoms with E-state index in [0.29, 0.717) is 13.0 Å². The summed E-state index contributed by atoms with van der Waals surface area (Å²) in [6, 6.07) is 28.9. The van der Waals surface area contributed by atoms with E-state index < -0.39 is 0 Å². The fraction of sp³-hybridized carbons (Fsp3) is 0.345. The van der Waals surface area contributed by atoms with Crippen LogP contribution in [0, 0.1) is 6.92 Å². The predicted molar refractivity (Wildman–Crippen MR) is 134 cm³/mol. The monoisotopic (exact) mass is 442 g/mol. The van der Waals surface area contributed by atoms with E-state index in [1.807, 2.05) is 35.2 Å². The first kappa shape index (κ1) is 23.2. The zero-order valence-electron chi connectivity index (χ0n) is 19.7. The molecule has 33 heavy (non-hydrogen) atoms. The number of amides is 1. The van der Waals surface area contributed by atoms with E-state index in [1.54, 1.807) is 7.11 Å². The van der Waals surface area contributed by atoms with Gasteiger partial charge in [-0.25, -0.2) is 0 Å². The average molecular weight is 443 g/mol. The standard InChI is InChI=1S/C29H34N2O2/c1-24-13-15-27(16-14-24)31(28(32)21-25-9-5-3-6-10-25)29(23-33-2)17-19-30(20-18-29)22-26-11-7-4-8-12-26/h3-16H,17-23H2,1-2H3. The molecule has 1 aliphatic heterocycles. The van der Waals surface area contributed by atoms with Gasteiger partial charge in [-0.3, -0.25) is 9.69 Å². The molecule has 0 aromatic heterocycles. The van der Waals surface area contributed by atoms with E-state index in [2.05, 4.69) is 66.4 Å². The zero-order valence-corrected chi connectivity index (χ0v) is 19.7. The molecular weight excluding hydrogens is 408 g/mol. The van der Waals surface area contributed by atoms with Crippen LogP contribution in [0.1, 0.15) is 29.5 Å². The van der Waals surface area contributed by atoms with Crippen LogP contribution >= 0.6 is 0 Å². The van der Waals surface area contributed by atoms with Gasteiger partial charge >= 0.3 is 0 Å². The second kappa shape index (κ2) is 10.8. The number of likely N-dealkylation sites (tertiary alicyclic amines) is 1. The highest BCUT2D eigenvalue weighted by Gasteiger charge is 2.43. The Labute approximate surface area is 197 Å². The molecular formula is C29H34N2O2. The number of carbonyl (C=O) groups excluding carboxylic acids is 1. The topological polar surface area (TPSA) is 32.8 Å². The highest BCUT2D eigenvalue weighted by molar-refractivity contribution is 5.96. The number of aryl methyl sites for hydroxylation is 1. The number of ether oxygens (including phenoxy) is 1. The van der Waals surface area contributed by atoms with Crippen molar-refractivity contribution in [2.45, 2.75) is 38.3 Å². The van der Waals surface area contributed by atoms with Crippen LogP contribution < -0.4 is 4.90 Å². The lowest BCUT2D eigenvalue weighted by Gasteiger charge is -2.48. The molecule has 3 aromatic rings. The van der Waals surface area contributed by atoms with Crippen molar-refractivity contribution in [2.75, 3.05) is 31.7 Å². The van der Waals surface area contributed by atoms with Gasteiger partial charge in [0.15, 0.2) is 0 Å². The minimum atomic E-state index is -0.358. The Morgan fingerprint density at radius 3 is 2.03 bits per heavy atom. The first-order valence-electron chi connectivity index (χ1n) is 11.8. The Hall–Kier alpha value is -2.95. The zero-order chi connectivity index (χ0) is 23.1. The van der Waals surface area contributed by atoms with Gasteiger partial charge in [-0.1, -0.05) is 78.4 Å². The van der Waals surface area contributed by atoms with Crippen LogP contribution in [0.3, 0.4) is 0 Å². The number of hydrogen-bond acceptors (Lipinski definition) is 3. The maximum absolute atomic E-state index is 13.8. The van der Waals surface area contributed by atoms with Crippen LogP contribution in [0.5, 0.6) is 0 Å². The van der Waals surface area contributed by atoms with Crippen molar-refractivity contribution in [3.05, 3.63) is 102 Å². The van der Waals surface area contributed by atoms with Gasteiger partial charge in [-0.05, 0) is 43.0 Å². The Morgan fingerprint density at radius 2 is 1.45 bits per heavy atom. The number of anilines is 1. The SMILES string of the molecule is COCC1(N(C(=O)Cc2ccccc2)c2ccc(C)cc2)CCN(Cc2ccccc2)CC1. The maximum Gasteiger partial charge on any atom is 0.232 e. The molecule has 0 spiro atoms. The molecule has 1 aliphatic rings. The quantitative estimate of drug-likeness (QED) is 0.478. The van der Waals surface area contributed by atoms with Gasteiger partial charge < -0.3 is 9.64 Å². The van der Waals surface area contributed by atoms with E-state index >= 15 is 0 Å². The number of methoxy groups -OCH3 is 1. The van der Waals surface area contributed by atoms with Crippen LogP contribution in [0.4, 0.5) is 5.69 Å². The number of benzene rings is 3. The van der Waals surface area contributed by atoms with Crippen molar-refractivity contribution in [3.63, 3.8) is 0 Å². The number of hydrogen-bond donors (Lipinski definition) is 0. The molecule has 172 valence electrons. The van der Waals surface area contributed by atoms with Gasteiger partial charge in [-0.2, -0.15) is 0 Å². The maximum atomic E-state index is 13.8. The minimum Gasteiger partial charge on any atom is -0.382 e. The predicted octanol–water partition coefficient (Wildman–Crippen LogP) is 5.25. The molecule has 0 atom stereocenters. The van der Waals surface area contributed by atoms with Crippen LogP contribution in [-0.4, -0.2) is 43.2 Å². The highest BCUT2D eigenvalue weighted by Crippen LogP contribution is 2.35. The summed E-state index contributed by atoms with van der Waals surface area (Å²) in [4.78, 5) is 18.3. The Morgan fingerprint density at radius 1 is 0.879 bits per heavy atom. The molecule has 1 amide bonds. The second-order valence-corrected chi connectivity index (χ2v) is 9.15. The van der Waals surface area contributed by atoms with Crippen molar-refractivity contribution in [2.24, 2.45) is 0 Å². The van der Waals surface area contributed by atoms with Crippen molar-refractivity contribution in [3.8, 4) is 0 Å². The van der Waals surface area contributed by atoms with Crippen molar-refractivity contribution in [1.29, 1.82) is 0 Å². The normalized spacial score (nSPS) is 15.8. The molecule has 0 aliphatic carbocycles. The fourth-order valence-electron chi connectivity index (χ4n) is 4.90. The molecule has 4 nitrogen and oxygen atoms in total. The summed E-state index contributed by atoms with van der Waals surface area (Å²) in [7, 11) is 1.74. The molecule has 0 unspecified atom stereocenters. The summed E-state index contributed by atoms with van der Waals surface area (Å²) < 4.78 is 5.75. The molecule has 0 radical (unpaired) electrons. The number of nitrogens with zero attached hydrogens (tertiary/aromatic N) is 2. The molecule has 4 rings (SSSR count). The summed E-state index contributed by atoms with van der Waals surface area (Å²) in [5.41, 5.74) is 4.15. The lowest BCUT2D eigenvalue weighted by Crippen LogP contribution is -2.60. The van der Waals surface area contributed by atoms with Crippen LogP contribution in [0.2, 0.25) is 0 Å². The van der Waals surface area contributed by atoms with E-state index in [-0.39, 0.29) is 11.4 Å². The Bertz CT molecular complexity index is 1010. The van der Waals surface area contributed by atoms with E-state index in [4.69, 9.17) is 4.74 Å². The molecule has 1 fully saturated rings. The summed E-state index contributed by atoms with van der Waals surface area (Å²) in [6.45, 7) is 5.40. The Balaban J connectivity index is 1.59. The van der Waals surface area contributed by atoms with E-state index in [9.17, 15) is 4.79 Å². The first-order chi connectivity index (χ1) is 16.1. The van der Waals surface area contributed by atoms with E-state index in [0.717, 1.165) is 43.7 Å².